The summed E-state index contributed by atoms with van der Waals surface area (Å²) in [7, 11) is 1.65. The molecule has 2 aromatic heterocycles. The minimum absolute atomic E-state index is 0.0341. The Morgan fingerprint density at radius 1 is 1.35 bits per heavy atom. The van der Waals surface area contributed by atoms with Gasteiger partial charge in [-0.1, -0.05) is 24.3 Å². The van der Waals surface area contributed by atoms with Crippen molar-refractivity contribution in [3.05, 3.63) is 52.2 Å². The van der Waals surface area contributed by atoms with Crippen molar-refractivity contribution in [2.75, 3.05) is 7.11 Å². The average Bonchev–Trinajstić information content (AvgIpc) is 3.29. The number of rotatable bonds is 5. The summed E-state index contributed by atoms with van der Waals surface area (Å²) in [6, 6.07) is 10.6. The molecule has 0 fully saturated rings. The first-order valence-electron chi connectivity index (χ1n) is 8.50. The van der Waals surface area contributed by atoms with Gasteiger partial charge in [0, 0.05) is 4.88 Å². The van der Waals surface area contributed by atoms with Crippen molar-refractivity contribution >= 4 is 17.2 Å². The van der Waals surface area contributed by atoms with Crippen LogP contribution in [0.4, 0.5) is 0 Å². The van der Waals surface area contributed by atoms with Gasteiger partial charge in [0.2, 0.25) is 5.91 Å². The molecule has 0 spiro atoms. The monoisotopic (exact) mass is 368 g/mol. The van der Waals surface area contributed by atoms with E-state index in [9.17, 15) is 4.79 Å². The summed E-state index contributed by atoms with van der Waals surface area (Å²) >= 11 is 1.62. The quantitative estimate of drug-likeness (QED) is 0.750. The van der Waals surface area contributed by atoms with E-state index in [1.165, 1.54) is 11.1 Å². The van der Waals surface area contributed by atoms with E-state index in [2.05, 4.69) is 34.3 Å². The molecule has 0 atom stereocenters. The molecule has 0 bridgehead atoms. The van der Waals surface area contributed by atoms with Gasteiger partial charge in [0.05, 0.1) is 19.6 Å². The number of fused-ring (bicyclic) bond motifs is 1. The van der Waals surface area contributed by atoms with E-state index < -0.39 is 5.91 Å². The van der Waals surface area contributed by atoms with E-state index in [0.29, 0.717) is 5.82 Å². The Labute approximate surface area is 155 Å². The maximum Gasteiger partial charge on any atom is 0.225 e. The topological polar surface area (TPSA) is 83.0 Å². The highest BCUT2D eigenvalue weighted by Gasteiger charge is 2.28. The Bertz CT molecular complexity index is 951. The zero-order valence-corrected chi connectivity index (χ0v) is 15.5. The molecule has 26 heavy (non-hydrogen) atoms. The molecule has 0 radical (unpaired) electrons. The van der Waals surface area contributed by atoms with Crippen molar-refractivity contribution in [1.29, 1.82) is 0 Å². The second-order valence-corrected chi connectivity index (χ2v) is 7.78. The van der Waals surface area contributed by atoms with Crippen LogP contribution in [-0.4, -0.2) is 27.8 Å². The summed E-state index contributed by atoms with van der Waals surface area (Å²) in [6.07, 6.45) is 1.83. The van der Waals surface area contributed by atoms with Crippen molar-refractivity contribution in [2.45, 2.75) is 32.2 Å². The molecule has 7 heteroatoms. The van der Waals surface area contributed by atoms with Crippen LogP contribution in [0.25, 0.3) is 10.7 Å². The molecule has 1 aliphatic carbocycles. The Morgan fingerprint density at radius 2 is 2.04 bits per heavy atom. The van der Waals surface area contributed by atoms with Crippen LogP contribution in [0.2, 0.25) is 0 Å². The number of nitrogens with two attached hydrogens (primary N) is 1. The van der Waals surface area contributed by atoms with Gasteiger partial charge in [-0.2, -0.15) is 5.10 Å². The molecule has 0 aliphatic heterocycles. The number of carbonyl (C=O) groups excluding carboxylic acids is 1. The van der Waals surface area contributed by atoms with Gasteiger partial charge in [0.1, 0.15) is 10.6 Å². The van der Waals surface area contributed by atoms with Gasteiger partial charge < -0.3 is 10.5 Å². The van der Waals surface area contributed by atoms with E-state index in [0.717, 1.165) is 34.2 Å². The van der Waals surface area contributed by atoms with Gasteiger partial charge in [-0.25, -0.2) is 9.67 Å². The molecule has 1 aromatic carbocycles. The van der Waals surface area contributed by atoms with Gasteiger partial charge in [-0.05, 0) is 37.0 Å². The lowest BCUT2D eigenvalue weighted by Crippen LogP contribution is -2.16. The second kappa shape index (κ2) is 6.57. The number of primary amides is 1. The molecule has 2 N–H and O–H groups in total. The fraction of sp³-hybridized carbons (Fsp3) is 0.316. The van der Waals surface area contributed by atoms with E-state index in [4.69, 9.17) is 10.5 Å². The van der Waals surface area contributed by atoms with Crippen LogP contribution in [0.5, 0.6) is 5.75 Å². The summed E-state index contributed by atoms with van der Waals surface area (Å²) in [5.74, 6) is 1.55. The third-order valence-electron chi connectivity index (χ3n) is 4.63. The highest BCUT2D eigenvalue weighted by Crippen LogP contribution is 2.40. The first-order chi connectivity index (χ1) is 12.5. The van der Waals surface area contributed by atoms with Crippen molar-refractivity contribution in [2.24, 2.45) is 5.73 Å². The fourth-order valence-electron chi connectivity index (χ4n) is 3.51. The van der Waals surface area contributed by atoms with Crippen LogP contribution in [0.15, 0.2) is 30.3 Å². The molecule has 3 aromatic rings. The van der Waals surface area contributed by atoms with Gasteiger partial charge >= 0.3 is 0 Å². The third-order valence-corrected chi connectivity index (χ3v) is 5.65. The Kier molecular flexibility index (Phi) is 4.24. The highest BCUT2D eigenvalue weighted by atomic mass is 32.1. The lowest BCUT2D eigenvalue weighted by molar-refractivity contribution is -0.117. The minimum Gasteiger partial charge on any atom is -0.495 e. The lowest BCUT2D eigenvalue weighted by Gasteiger charge is -2.13. The van der Waals surface area contributed by atoms with Crippen molar-refractivity contribution in [3.8, 4) is 16.5 Å². The van der Waals surface area contributed by atoms with Crippen LogP contribution in [0.3, 0.4) is 0 Å². The number of hydrogen-bond acceptors (Lipinski definition) is 5. The maximum absolute atomic E-state index is 11.4. The predicted molar refractivity (Wildman–Crippen MR) is 100 cm³/mol. The van der Waals surface area contributed by atoms with E-state index in [-0.39, 0.29) is 12.5 Å². The Morgan fingerprint density at radius 3 is 2.65 bits per heavy atom. The third kappa shape index (κ3) is 2.99. The number of nitrogens with zero attached hydrogens (tertiary/aromatic N) is 3. The van der Waals surface area contributed by atoms with Crippen molar-refractivity contribution < 1.29 is 9.53 Å². The molecular formula is C19H20N4O2S. The molecule has 0 saturated carbocycles. The van der Waals surface area contributed by atoms with Crippen LogP contribution in [0.1, 0.15) is 27.9 Å². The van der Waals surface area contributed by atoms with E-state index >= 15 is 0 Å². The predicted octanol–water partition coefficient (Wildman–Crippen LogP) is 2.69. The number of carbonyl (C=O) groups is 1. The molecule has 0 unspecified atom stereocenters. The summed E-state index contributed by atoms with van der Waals surface area (Å²) in [6.45, 7) is 2.03. The summed E-state index contributed by atoms with van der Waals surface area (Å²) in [5, 5.41) is 4.63. The van der Waals surface area contributed by atoms with Crippen molar-refractivity contribution in [3.63, 3.8) is 0 Å². The first kappa shape index (κ1) is 16.8. The number of hydrogen-bond donors (Lipinski definition) is 1. The average molecular weight is 368 g/mol. The number of amides is 1. The first-order valence-corrected chi connectivity index (χ1v) is 9.32. The summed E-state index contributed by atoms with van der Waals surface area (Å²) in [4.78, 5) is 18.1. The van der Waals surface area contributed by atoms with Gasteiger partial charge in [-0.15, -0.1) is 11.3 Å². The van der Waals surface area contributed by atoms with Gasteiger partial charge in [0.15, 0.2) is 11.6 Å². The molecule has 134 valence electrons. The number of methoxy groups -OCH3 is 1. The van der Waals surface area contributed by atoms with E-state index in [1.807, 2.05) is 17.7 Å². The molecular weight excluding hydrogens is 348 g/mol. The number of thiophene rings is 1. The molecule has 6 nitrogen and oxygen atoms in total. The normalized spacial score (nSPS) is 13.8. The number of ether oxygens (including phenoxy) is 1. The van der Waals surface area contributed by atoms with Crippen LogP contribution in [0, 0.1) is 6.92 Å². The molecule has 1 amide bonds. The minimum atomic E-state index is -0.433. The largest absolute Gasteiger partial charge is 0.495 e. The zero-order chi connectivity index (χ0) is 18.3. The number of aryl methyl sites for hydroxylation is 1. The highest BCUT2D eigenvalue weighted by molar-refractivity contribution is 7.15. The number of benzene rings is 1. The van der Waals surface area contributed by atoms with Crippen LogP contribution < -0.4 is 10.5 Å². The van der Waals surface area contributed by atoms with Crippen LogP contribution in [-0.2, 0) is 24.1 Å². The summed E-state index contributed by atoms with van der Waals surface area (Å²) < 4.78 is 7.48. The standard InChI is InChI=1S/C19H20N4O2S/c1-11-7-15(25-2)18(26-11)19-21-17(10-16(20)24)22-23(19)14-8-12-5-3-4-6-13(12)9-14/h3-7,14H,8-10H2,1-2H3,(H2,20,24). The van der Waals surface area contributed by atoms with E-state index in [1.54, 1.807) is 18.4 Å². The summed E-state index contributed by atoms with van der Waals surface area (Å²) in [5.41, 5.74) is 8.03. The SMILES string of the molecule is COc1cc(C)sc1-c1nc(CC(N)=O)nn1C1Cc2ccccc2C1. The van der Waals surface area contributed by atoms with Crippen LogP contribution >= 0.6 is 11.3 Å². The molecule has 2 heterocycles. The maximum atomic E-state index is 11.4. The van der Waals surface area contributed by atoms with Gasteiger partial charge in [-0.3, -0.25) is 4.79 Å². The molecule has 4 rings (SSSR count). The number of aromatic nitrogens is 3. The second-order valence-electron chi connectivity index (χ2n) is 6.52. The zero-order valence-electron chi connectivity index (χ0n) is 14.7. The van der Waals surface area contributed by atoms with Crippen molar-refractivity contribution in [1.82, 2.24) is 14.8 Å². The Balaban J connectivity index is 1.78. The Hall–Kier alpha value is -2.67. The molecule has 0 saturated heterocycles. The fourth-order valence-corrected chi connectivity index (χ4v) is 4.48. The molecule has 1 aliphatic rings. The smallest absolute Gasteiger partial charge is 0.225 e. The lowest BCUT2D eigenvalue weighted by atomic mass is 10.1. The van der Waals surface area contributed by atoms with Gasteiger partial charge in [0.25, 0.3) is 0 Å².